The minimum absolute atomic E-state index is 0.354. The van der Waals surface area contributed by atoms with Gasteiger partial charge in [0.1, 0.15) is 0 Å². The molecule has 1 aliphatic carbocycles. The molecule has 0 aromatic carbocycles. The third kappa shape index (κ3) is 2.97. The molecule has 0 bridgehead atoms. The summed E-state index contributed by atoms with van der Waals surface area (Å²) in [7, 11) is 0. The lowest BCUT2D eigenvalue weighted by molar-refractivity contribution is -0.138. The standard InChI is InChI=1S/C13H23NO2/c1-10(7-11-3-2-4-11)14-6-5-12(9-14)8-13(15)16/h10-12H,2-9H2,1H3,(H,15,16). The molecule has 0 radical (unpaired) electrons. The molecule has 1 aliphatic heterocycles. The molecule has 16 heavy (non-hydrogen) atoms. The SMILES string of the molecule is CC(CC1CCC1)N1CCC(CC(=O)O)C1. The molecule has 1 heterocycles. The first-order valence-corrected chi connectivity index (χ1v) is 6.61. The van der Waals surface area contributed by atoms with Crippen LogP contribution in [0.4, 0.5) is 0 Å². The van der Waals surface area contributed by atoms with Gasteiger partial charge in [-0.3, -0.25) is 4.79 Å². The van der Waals surface area contributed by atoms with E-state index in [0.29, 0.717) is 18.4 Å². The third-order valence-corrected chi connectivity index (χ3v) is 4.30. The molecule has 0 aromatic heterocycles. The average Bonchev–Trinajstić information content (AvgIpc) is 2.58. The van der Waals surface area contributed by atoms with E-state index >= 15 is 0 Å². The topological polar surface area (TPSA) is 40.5 Å². The predicted octanol–water partition coefficient (Wildman–Crippen LogP) is 2.36. The van der Waals surface area contributed by atoms with E-state index in [-0.39, 0.29) is 0 Å². The lowest BCUT2D eigenvalue weighted by Gasteiger charge is -2.32. The summed E-state index contributed by atoms with van der Waals surface area (Å²) in [6.07, 6.45) is 6.99. The molecule has 1 saturated carbocycles. The van der Waals surface area contributed by atoms with E-state index in [1.165, 1.54) is 25.7 Å². The highest BCUT2D eigenvalue weighted by molar-refractivity contribution is 5.67. The highest BCUT2D eigenvalue weighted by atomic mass is 16.4. The van der Waals surface area contributed by atoms with E-state index in [1.54, 1.807) is 0 Å². The molecule has 0 aromatic rings. The second kappa shape index (κ2) is 5.17. The molecular weight excluding hydrogens is 202 g/mol. The van der Waals surface area contributed by atoms with Gasteiger partial charge in [0.05, 0.1) is 0 Å². The molecule has 2 atom stereocenters. The number of likely N-dealkylation sites (tertiary alicyclic amines) is 1. The normalized spacial score (nSPS) is 28.9. The molecule has 2 aliphatic rings. The van der Waals surface area contributed by atoms with Gasteiger partial charge >= 0.3 is 5.97 Å². The zero-order valence-corrected chi connectivity index (χ0v) is 10.2. The van der Waals surface area contributed by atoms with Crippen molar-refractivity contribution >= 4 is 5.97 Å². The first-order chi connectivity index (χ1) is 7.65. The van der Waals surface area contributed by atoms with Gasteiger partial charge in [0, 0.05) is 19.0 Å². The number of hydrogen-bond acceptors (Lipinski definition) is 2. The third-order valence-electron chi connectivity index (χ3n) is 4.30. The van der Waals surface area contributed by atoms with Gasteiger partial charge in [0.25, 0.3) is 0 Å². The van der Waals surface area contributed by atoms with Gasteiger partial charge in [0.15, 0.2) is 0 Å². The number of rotatable bonds is 5. The van der Waals surface area contributed by atoms with Gasteiger partial charge in [0.2, 0.25) is 0 Å². The van der Waals surface area contributed by atoms with Crippen molar-refractivity contribution in [3.63, 3.8) is 0 Å². The summed E-state index contributed by atoms with van der Waals surface area (Å²) >= 11 is 0. The summed E-state index contributed by atoms with van der Waals surface area (Å²) in [6.45, 7) is 4.41. The molecular formula is C13H23NO2. The zero-order valence-electron chi connectivity index (χ0n) is 10.2. The fraction of sp³-hybridized carbons (Fsp3) is 0.923. The van der Waals surface area contributed by atoms with Crippen molar-refractivity contribution in [1.82, 2.24) is 4.90 Å². The highest BCUT2D eigenvalue weighted by Crippen LogP contribution is 2.33. The Morgan fingerprint density at radius 2 is 2.12 bits per heavy atom. The van der Waals surface area contributed by atoms with Gasteiger partial charge in [-0.15, -0.1) is 0 Å². The maximum atomic E-state index is 10.6. The summed E-state index contributed by atoms with van der Waals surface area (Å²) in [6, 6.07) is 0.657. The average molecular weight is 225 g/mol. The lowest BCUT2D eigenvalue weighted by atomic mass is 9.81. The Morgan fingerprint density at radius 1 is 1.38 bits per heavy atom. The van der Waals surface area contributed by atoms with Crippen LogP contribution in [0.3, 0.4) is 0 Å². The van der Waals surface area contributed by atoms with E-state index in [9.17, 15) is 4.79 Å². The Labute approximate surface area is 97.8 Å². The molecule has 3 nitrogen and oxygen atoms in total. The molecule has 0 amide bonds. The van der Waals surface area contributed by atoms with Crippen molar-refractivity contribution in [2.24, 2.45) is 11.8 Å². The number of carboxylic acid groups (broad SMARTS) is 1. The quantitative estimate of drug-likeness (QED) is 0.781. The fourth-order valence-electron chi connectivity index (χ4n) is 3.04. The summed E-state index contributed by atoms with van der Waals surface area (Å²) in [5.74, 6) is 0.702. The second-order valence-electron chi connectivity index (χ2n) is 5.63. The Kier molecular flexibility index (Phi) is 3.85. The number of hydrogen-bond donors (Lipinski definition) is 1. The first kappa shape index (κ1) is 11.9. The van der Waals surface area contributed by atoms with Gasteiger partial charge in [-0.1, -0.05) is 19.3 Å². The summed E-state index contributed by atoms with van der Waals surface area (Å²) in [5.41, 5.74) is 0. The van der Waals surface area contributed by atoms with Crippen LogP contribution in [0.25, 0.3) is 0 Å². The number of nitrogens with zero attached hydrogens (tertiary/aromatic N) is 1. The molecule has 0 spiro atoms. The highest BCUT2D eigenvalue weighted by Gasteiger charge is 2.29. The molecule has 1 saturated heterocycles. The largest absolute Gasteiger partial charge is 0.481 e. The van der Waals surface area contributed by atoms with Crippen LogP contribution in [0.1, 0.15) is 45.4 Å². The van der Waals surface area contributed by atoms with Gasteiger partial charge in [-0.05, 0) is 38.1 Å². The summed E-state index contributed by atoms with van der Waals surface area (Å²) in [4.78, 5) is 13.1. The number of carbonyl (C=O) groups is 1. The van der Waals surface area contributed by atoms with Crippen LogP contribution in [0, 0.1) is 11.8 Å². The minimum atomic E-state index is -0.640. The van der Waals surface area contributed by atoms with Crippen LogP contribution >= 0.6 is 0 Å². The maximum Gasteiger partial charge on any atom is 0.303 e. The smallest absolute Gasteiger partial charge is 0.303 e. The number of aliphatic carboxylic acids is 1. The summed E-state index contributed by atoms with van der Waals surface area (Å²) < 4.78 is 0. The Hall–Kier alpha value is -0.570. The Bertz CT molecular complexity index is 250. The van der Waals surface area contributed by atoms with Crippen molar-refractivity contribution in [2.45, 2.75) is 51.5 Å². The van der Waals surface area contributed by atoms with Crippen LogP contribution < -0.4 is 0 Å². The van der Waals surface area contributed by atoms with E-state index in [4.69, 9.17) is 5.11 Å². The van der Waals surface area contributed by atoms with Crippen molar-refractivity contribution in [3.05, 3.63) is 0 Å². The van der Waals surface area contributed by atoms with Crippen LogP contribution in [-0.2, 0) is 4.79 Å². The molecule has 92 valence electrons. The molecule has 2 fully saturated rings. The summed E-state index contributed by atoms with van der Waals surface area (Å²) in [5, 5.41) is 8.77. The first-order valence-electron chi connectivity index (χ1n) is 6.61. The van der Waals surface area contributed by atoms with Crippen molar-refractivity contribution < 1.29 is 9.90 Å². The van der Waals surface area contributed by atoms with Crippen LogP contribution in [-0.4, -0.2) is 35.1 Å². The van der Waals surface area contributed by atoms with Crippen molar-refractivity contribution in [1.29, 1.82) is 0 Å². The molecule has 1 N–H and O–H groups in total. The lowest BCUT2D eigenvalue weighted by Crippen LogP contribution is -2.34. The van der Waals surface area contributed by atoms with E-state index in [2.05, 4.69) is 11.8 Å². The van der Waals surface area contributed by atoms with Crippen molar-refractivity contribution in [2.75, 3.05) is 13.1 Å². The number of carboxylic acids is 1. The van der Waals surface area contributed by atoms with Crippen molar-refractivity contribution in [3.8, 4) is 0 Å². The second-order valence-corrected chi connectivity index (χ2v) is 5.63. The van der Waals surface area contributed by atoms with Crippen LogP contribution in [0.5, 0.6) is 0 Å². The monoisotopic (exact) mass is 225 g/mol. The molecule has 2 rings (SSSR count). The molecule has 3 heteroatoms. The predicted molar refractivity (Wildman–Crippen MR) is 63.4 cm³/mol. The van der Waals surface area contributed by atoms with Gasteiger partial charge < -0.3 is 10.0 Å². The van der Waals surface area contributed by atoms with Gasteiger partial charge in [-0.25, -0.2) is 0 Å². The zero-order chi connectivity index (χ0) is 11.5. The molecule has 2 unspecified atom stereocenters. The van der Waals surface area contributed by atoms with E-state index in [1.807, 2.05) is 0 Å². The fourth-order valence-corrected chi connectivity index (χ4v) is 3.04. The van der Waals surface area contributed by atoms with Crippen LogP contribution in [0.2, 0.25) is 0 Å². The Morgan fingerprint density at radius 3 is 2.69 bits per heavy atom. The van der Waals surface area contributed by atoms with Gasteiger partial charge in [-0.2, -0.15) is 0 Å². The minimum Gasteiger partial charge on any atom is -0.481 e. The van der Waals surface area contributed by atoms with Crippen LogP contribution in [0.15, 0.2) is 0 Å². The van der Waals surface area contributed by atoms with E-state index in [0.717, 1.165) is 25.4 Å². The Balaban J connectivity index is 1.71. The maximum absolute atomic E-state index is 10.6. The van der Waals surface area contributed by atoms with E-state index < -0.39 is 5.97 Å².